The summed E-state index contributed by atoms with van der Waals surface area (Å²) in [7, 11) is 0. The van der Waals surface area contributed by atoms with Gasteiger partial charge >= 0.3 is 0 Å². The first-order valence-corrected chi connectivity index (χ1v) is 5.93. The minimum absolute atomic E-state index is 0.128. The molecular weight excluding hydrogens is 240 g/mol. The summed E-state index contributed by atoms with van der Waals surface area (Å²) in [4.78, 5) is 13.6. The van der Waals surface area contributed by atoms with Crippen LogP contribution in [-0.4, -0.2) is 36.2 Å². The molecule has 0 bridgehead atoms. The molecule has 2 unspecified atom stereocenters. The van der Waals surface area contributed by atoms with Crippen LogP contribution in [0.15, 0.2) is 24.3 Å². The normalized spacial score (nSPS) is 24.6. The van der Waals surface area contributed by atoms with Crippen LogP contribution in [0.1, 0.15) is 6.92 Å². The molecule has 92 valence electrons. The second-order valence-corrected chi connectivity index (χ2v) is 4.62. The Bertz CT molecular complexity index is 425. The summed E-state index contributed by atoms with van der Waals surface area (Å²) >= 11 is 5.95. The van der Waals surface area contributed by atoms with Crippen LogP contribution in [0.25, 0.3) is 0 Å². The van der Waals surface area contributed by atoms with Gasteiger partial charge in [0.2, 0.25) is 5.91 Å². The van der Waals surface area contributed by atoms with Crippen LogP contribution in [-0.2, 0) is 4.79 Å². The zero-order valence-corrected chi connectivity index (χ0v) is 10.3. The summed E-state index contributed by atoms with van der Waals surface area (Å²) < 4.78 is 0. The van der Waals surface area contributed by atoms with Gasteiger partial charge in [-0.25, -0.2) is 0 Å². The lowest BCUT2D eigenvalue weighted by molar-refractivity contribution is -0.124. The Balaban J connectivity index is 2.35. The molecule has 0 radical (unpaired) electrons. The van der Waals surface area contributed by atoms with Gasteiger partial charge in [0.1, 0.15) is 6.04 Å². The van der Waals surface area contributed by atoms with E-state index >= 15 is 0 Å². The first-order chi connectivity index (χ1) is 8.13. The molecule has 4 nitrogen and oxygen atoms in total. The summed E-state index contributed by atoms with van der Waals surface area (Å²) in [5.74, 6) is -0.148. The van der Waals surface area contributed by atoms with E-state index in [2.05, 4.69) is 5.32 Å². The third-order valence-corrected chi connectivity index (χ3v) is 3.20. The van der Waals surface area contributed by atoms with E-state index in [0.29, 0.717) is 11.6 Å². The van der Waals surface area contributed by atoms with Gasteiger partial charge in [-0.15, -0.1) is 0 Å². The predicted molar refractivity (Wildman–Crippen MR) is 67.3 cm³/mol. The van der Waals surface area contributed by atoms with E-state index in [9.17, 15) is 9.90 Å². The number of aliphatic hydroxyl groups excluding tert-OH is 1. The van der Waals surface area contributed by atoms with Crippen molar-refractivity contribution in [2.45, 2.75) is 19.0 Å². The van der Waals surface area contributed by atoms with Crippen molar-refractivity contribution in [2.24, 2.45) is 0 Å². The number of hydrogen-bond acceptors (Lipinski definition) is 3. The lowest BCUT2D eigenvalue weighted by atomic mass is 10.1. The Hall–Kier alpha value is -1.26. The monoisotopic (exact) mass is 254 g/mol. The first-order valence-electron chi connectivity index (χ1n) is 5.56. The number of carbonyl (C=O) groups excluding carboxylic acids is 1. The number of nitrogens with zero attached hydrogens (tertiary/aromatic N) is 1. The van der Waals surface area contributed by atoms with Crippen LogP contribution in [0, 0.1) is 0 Å². The third kappa shape index (κ3) is 2.37. The molecule has 1 aromatic carbocycles. The van der Waals surface area contributed by atoms with Crippen LogP contribution in [0.5, 0.6) is 0 Å². The number of carbonyl (C=O) groups is 1. The highest BCUT2D eigenvalue weighted by atomic mass is 35.5. The van der Waals surface area contributed by atoms with Crippen LogP contribution in [0.2, 0.25) is 5.02 Å². The molecule has 2 N–H and O–H groups in total. The topological polar surface area (TPSA) is 52.6 Å². The molecular formula is C12H15ClN2O2. The Morgan fingerprint density at radius 3 is 3.00 bits per heavy atom. The quantitative estimate of drug-likeness (QED) is 0.829. The van der Waals surface area contributed by atoms with Crippen molar-refractivity contribution in [1.29, 1.82) is 0 Å². The van der Waals surface area contributed by atoms with Crippen molar-refractivity contribution < 1.29 is 9.90 Å². The molecule has 2 rings (SSSR count). The molecule has 5 heteroatoms. The zero-order chi connectivity index (χ0) is 12.4. The first kappa shape index (κ1) is 12.2. The molecule has 1 saturated heterocycles. The highest BCUT2D eigenvalue weighted by molar-refractivity contribution is 6.30. The van der Waals surface area contributed by atoms with Gasteiger partial charge in [0.15, 0.2) is 0 Å². The Kier molecular flexibility index (Phi) is 3.54. The predicted octanol–water partition coefficient (Wildman–Crippen LogP) is 1.03. The minimum Gasteiger partial charge on any atom is -0.394 e. The summed E-state index contributed by atoms with van der Waals surface area (Å²) in [6.07, 6.45) is 0. The van der Waals surface area contributed by atoms with Gasteiger partial charge in [-0.3, -0.25) is 4.79 Å². The maximum Gasteiger partial charge on any atom is 0.245 e. The second kappa shape index (κ2) is 4.94. The van der Waals surface area contributed by atoms with Gasteiger partial charge in [0, 0.05) is 23.3 Å². The molecule has 1 fully saturated rings. The van der Waals surface area contributed by atoms with E-state index in [4.69, 9.17) is 11.6 Å². The molecule has 0 aromatic heterocycles. The third-order valence-electron chi connectivity index (χ3n) is 2.96. The molecule has 0 spiro atoms. The van der Waals surface area contributed by atoms with Gasteiger partial charge in [-0.05, 0) is 25.1 Å². The standard InChI is InChI=1S/C12H15ClN2O2/c1-8-6-14-12(17)11(7-16)15(8)10-4-2-3-9(13)5-10/h2-5,8,11,16H,6-7H2,1H3,(H,14,17). The van der Waals surface area contributed by atoms with Gasteiger partial charge < -0.3 is 15.3 Å². The molecule has 0 aliphatic carbocycles. The number of amides is 1. The molecule has 1 heterocycles. The summed E-state index contributed by atoms with van der Waals surface area (Å²) in [6.45, 7) is 2.37. The number of piperazine rings is 1. The van der Waals surface area contributed by atoms with E-state index < -0.39 is 6.04 Å². The number of benzene rings is 1. The van der Waals surface area contributed by atoms with Crippen molar-refractivity contribution in [3.05, 3.63) is 29.3 Å². The number of nitrogens with one attached hydrogen (secondary N) is 1. The summed E-state index contributed by atoms with van der Waals surface area (Å²) in [6, 6.07) is 6.91. The lowest BCUT2D eigenvalue weighted by Gasteiger charge is -2.41. The zero-order valence-electron chi connectivity index (χ0n) is 9.56. The van der Waals surface area contributed by atoms with Crippen LogP contribution in [0.4, 0.5) is 5.69 Å². The van der Waals surface area contributed by atoms with E-state index in [1.54, 1.807) is 12.1 Å². The molecule has 0 saturated carbocycles. The van der Waals surface area contributed by atoms with E-state index in [1.807, 2.05) is 24.0 Å². The molecule has 2 atom stereocenters. The van der Waals surface area contributed by atoms with Crippen molar-refractivity contribution >= 4 is 23.2 Å². The maximum absolute atomic E-state index is 11.7. The molecule has 1 aliphatic heterocycles. The highest BCUT2D eigenvalue weighted by Gasteiger charge is 2.33. The second-order valence-electron chi connectivity index (χ2n) is 4.18. The van der Waals surface area contributed by atoms with Crippen molar-refractivity contribution in [3.63, 3.8) is 0 Å². The number of rotatable bonds is 2. The maximum atomic E-state index is 11.7. The Morgan fingerprint density at radius 1 is 1.59 bits per heavy atom. The molecule has 1 aliphatic rings. The molecule has 1 aromatic rings. The molecule has 17 heavy (non-hydrogen) atoms. The van der Waals surface area contributed by atoms with Crippen molar-refractivity contribution in [3.8, 4) is 0 Å². The van der Waals surface area contributed by atoms with Crippen LogP contribution in [0.3, 0.4) is 0 Å². The fraction of sp³-hybridized carbons (Fsp3) is 0.417. The smallest absolute Gasteiger partial charge is 0.245 e. The van der Waals surface area contributed by atoms with Gasteiger partial charge in [-0.1, -0.05) is 17.7 Å². The Labute approximate surface area is 105 Å². The summed E-state index contributed by atoms with van der Waals surface area (Å²) in [5.41, 5.74) is 0.860. The average molecular weight is 255 g/mol. The van der Waals surface area contributed by atoms with E-state index in [-0.39, 0.29) is 18.6 Å². The van der Waals surface area contributed by atoms with Crippen molar-refractivity contribution in [2.75, 3.05) is 18.1 Å². The minimum atomic E-state index is -0.544. The number of aliphatic hydroxyl groups is 1. The van der Waals surface area contributed by atoms with Crippen LogP contribution < -0.4 is 10.2 Å². The van der Waals surface area contributed by atoms with E-state index in [1.165, 1.54) is 0 Å². The van der Waals surface area contributed by atoms with Gasteiger partial charge in [0.05, 0.1) is 6.61 Å². The number of hydrogen-bond donors (Lipinski definition) is 2. The fourth-order valence-corrected chi connectivity index (χ4v) is 2.32. The largest absolute Gasteiger partial charge is 0.394 e. The van der Waals surface area contributed by atoms with E-state index in [0.717, 1.165) is 5.69 Å². The fourth-order valence-electron chi connectivity index (χ4n) is 2.14. The summed E-state index contributed by atoms with van der Waals surface area (Å²) in [5, 5.41) is 12.7. The Morgan fingerprint density at radius 2 is 2.35 bits per heavy atom. The van der Waals surface area contributed by atoms with Gasteiger partial charge in [0.25, 0.3) is 0 Å². The number of halogens is 1. The van der Waals surface area contributed by atoms with Crippen LogP contribution >= 0.6 is 11.6 Å². The SMILES string of the molecule is CC1CNC(=O)C(CO)N1c1cccc(Cl)c1. The number of anilines is 1. The lowest BCUT2D eigenvalue weighted by Crippen LogP contribution is -2.61. The van der Waals surface area contributed by atoms with Crippen molar-refractivity contribution in [1.82, 2.24) is 5.32 Å². The average Bonchev–Trinajstić information content (AvgIpc) is 2.31. The van der Waals surface area contributed by atoms with Gasteiger partial charge in [-0.2, -0.15) is 0 Å². The molecule has 1 amide bonds. The highest BCUT2D eigenvalue weighted by Crippen LogP contribution is 2.25.